The van der Waals surface area contributed by atoms with Crippen LogP contribution in [0.4, 0.5) is 0 Å². The molecule has 0 saturated carbocycles. The molecule has 1 aromatic carbocycles. The third kappa shape index (κ3) is 3.21. The molecule has 0 spiro atoms. The molecule has 0 aliphatic carbocycles. The molecule has 7 heteroatoms. The van der Waals surface area contributed by atoms with Crippen LogP contribution in [0.2, 0.25) is 0 Å². The van der Waals surface area contributed by atoms with Gasteiger partial charge in [-0.05, 0) is 26.3 Å². The molecular formula is C15H21N3O3S. The number of hydrogen-bond acceptors (Lipinski definition) is 4. The van der Waals surface area contributed by atoms with Gasteiger partial charge in [0.25, 0.3) is 0 Å². The number of benzene rings is 1. The van der Waals surface area contributed by atoms with E-state index in [0.29, 0.717) is 17.0 Å². The van der Waals surface area contributed by atoms with E-state index in [1.807, 2.05) is 6.07 Å². The highest BCUT2D eigenvalue weighted by Crippen LogP contribution is 2.22. The maximum Gasteiger partial charge on any atom is 0.244 e. The van der Waals surface area contributed by atoms with Gasteiger partial charge < -0.3 is 5.11 Å². The third-order valence-electron chi connectivity index (χ3n) is 3.71. The minimum atomic E-state index is -3.74. The summed E-state index contributed by atoms with van der Waals surface area (Å²) in [5.74, 6) is 0. The highest BCUT2D eigenvalue weighted by atomic mass is 32.2. The maximum absolute atomic E-state index is 12.5. The van der Waals surface area contributed by atoms with E-state index in [2.05, 4.69) is 9.82 Å². The number of aromatic nitrogens is 2. The summed E-state index contributed by atoms with van der Waals surface area (Å²) in [6.45, 7) is 4.81. The number of sulfonamides is 1. The molecule has 0 amide bonds. The molecule has 0 unspecified atom stereocenters. The van der Waals surface area contributed by atoms with Gasteiger partial charge in [0, 0.05) is 13.6 Å². The Morgan fingerprint density at radius 3 is 2.36 bits per heavy atom. The second-order valence-corrected chi connectivity index (χ2v) is 7.29. The molecule has 1 aromatic heterocycles. The van der Waals surface area contributed by atoms with Crippen LogP contribution in [-0.2, 0) is 22.7 Å². The van der Waals surface area contributed by atoms with Gasteiger partial charge in [0.15, 0.2) is 0 Å². The molecule has 6 nitrogen and oxygen atoms in total. The first-order valence-electron chi connectivity index (χ1n) is 6.93. The molecule has 2 aromatic rings. The summed E-state index contributed by atoms with van der Waals surface area (Å²) >= 11 is 0. The van der Waals surface area contributed by atoms with Gasteiger partial charge in [-0.15, -0.1) is 0 Å². The summed E-state index contributed by atoms with van der Waals surface area (Å²) in [6, 6.07) is 8.96. The van der Waals surface area contributed by atoms with Gasteiger partial charge >= 0.3 is 0 Å². The van der Waals surface area contributed by atoms with Crippen LogP contribution in [0, 0.1) is 13.8 Å². The lowest BCUT2D eigenvalue weighted by atomic mass is 9.97. The van der Waals surface area contributed by atoms with E-state index in [1.165, 1.54) is 4.68 Å². The van der Waals surface area contributed by atoms with Gasteiger partial charge in [-0.1, -0.05) is 30.3 Å². The first-order chi connectivity index (χ1) is 10.1. The second-order valence-electron chi connectivity index (χ2n) is 5.59. The van der Waals surface area contributed by atoms with E-state index in [9.17, 15) is 13.5 Å². The van der Waals surface area contributed by atoms with Crippen LogP contribution in [-0.4, -0.2) is 29.8 Å². The first kappa shape index (κ1) is 16.7. The number of hydrogen-bond donors (Lipinski definition) is 2. The second kappa shape index (κ2) is 5.83. The van der Waals surface area contributed by atoms with Crippen molar-refractivity contribution in [2.45, 2.75) is 31.3 Å². The normalized spacial score (nSPS) is 14.8. The Morgan fingerprint density at radius 1 is 1.27 bits per heavy atom. The number of nitrogens with one attached hydrogen (secondary N) is 1. The van der Waals surface area contributed by atoms with Crippen LogP contribution in [0.3, 0.4) is 0 Å². The zero-order valence-electron chi connectivity index (χ0n) is 13.2. The zero-order chi connectivity index (χ0) is 16.5. The van der Waals surface area contributed by atoms with Gasteiger partial charge in [0.2, 0.25) is 10.0 Å². The van der Waals surface area contributed by atoms with Crippen LogP contribution in [0.25, 0.3) is 0 Å². The number of nitrogens with zero attached hydrogens (tertiary/aromatic N) is 2. The van der Waals surface area contributed by atoms with Crippen LogP contribution >= 0.6 is 0 Å². The molecule has 0 bridgehead atoms. The van der Waals surface area contributed by atoms with E-state index >= 15 is 0 Å². The van der Waals surface area contributed by atoms with Crippen LogP contribution in [0.1, 0.15) is 23.9 Å². The van der Waals surface area contributed by atoms with E-state index in [1.54, 1.807) is 52.1 Å². The summed E-state index contributed by atoms with van der Waals surface area (Å²) < 4.78 is 29.0. The molecule has 120 valence electrons. The third-order valence-corrected chi connectivity index (χ3v) is 5.37. The van der Waals surface area contributed by atoms with Crippen molar-refractivity contribution in [3.8, 4) is 0 Å². The molecule has 2 rings (SSSR count). The van der Waals surface area contributed by atoms with Gasteiger partial charge in [-0.3, -0.25) is 4.68 Å². The van der Waals surface area contributed by atoms with Crippen LogP contribution in [0.15, 0.2) is 35.2 Å². The molecule has 0 saturated heterocycles. The zero-order valence-corrected chi connectivity index (χ0v) is 14.0. The monoisotopic (exact) mass is 323 g/mol. The van der Waals surface area contributed by atoms with Gasteiger partial charge in [-0.25, -0.2) is 13.1 Å². The lowest BCUT2D eigenvalue weighted by Crippen LogP contribution is -2.38. The lowest BCUT2D eigenvalue weighted by molar-refractivity contribution is 0.0627. The summed E-state index contributed by atoms with van der Waals surface area (Å²) in [4.78, 5) is 0.166. The van der Waals surface area contributed by atoms with Gasteiger partial charge in [0.05, 0.1) is 11.4 Å². The predicted octanol–water partition coefficient (Wildman–Crippen LogP) is 1.22. The summed E-state index contributed by atoms with van der Waals surface area (Å²) in [5.41, 5.74) is 0.353. The molecule has 22 heavy (non-hydrogen) atoms. The Labute approximate surface area is 130 Å². The van der Waals surface area contributed by atoms with Crippen molar-refractivity contribution in [2.24, 2.45) is 7.05 Å². The molecule has 2 N–H and O–H groups in total. The Kier molecular flexibility index (Phi) is 4.42. The van der Waals surface area contributed by atoms with Crippen LogP contribution < -0.4 is 4.72 Å². The molecule has 0 fully saturated rings. The Balaban J connectivity index is 2.23. The van der Waals surface area contributed by atoms with Crippen molar-refractivity contribution < 1.29 is 13.5 Å². The molecule has 0 aliphatic heterocycles. The smallest absolute Gasteiger partial charge is 0.244 e. The van der Waals surface area contributed by atoms with Crippen molar-refractivity contribution in [3.05, 3.63) is 47.3 Å². The van der Waals surface area contributed by atoms with Crippen molar-refractivity contribution in [2.75, 3.05) is 6.54 Å². The largest absolute Gasteiger partial charge is 0.384 e. The van der Waals surface area contributed by atoms with Gasteiger partial charge in [0.1, 0.15) is 10.5 Å². The minimum Gasteiger partial charge on any atom is -0.384 e. The highest BCUT2D eigenvalue weighted by Gasteiger charge is 2.29. The first-order valence-corrected chi connectivity index (χ1v) is 8.41. The average Bonchev–Trinajstić information content (AvgIpc) is 2.72. The van der Waals surface area contributed by atoms with Crippen molar-refractivity contribution >= 4 is 10.0 Å². The van der Waals surface area contributed by atoms with E-state index in [4.69, 9.17) is 0 Å². The number of rotatable bonds is 5. The summed E-state index contributed by atoms with van der Waals surface area (Å²) in [6.07, 6.45) is 0. The minimum absolute atomic E-state index is 0.118. The van der Waals surface area contributed by atoms with E-state index in [-0.39, 0.29) is 11.4 Å². The highest BCUT2D eigenvalue weighted by molar-refractivity contribution is 7.89. The summed E-state index contributed by atoms with van der Waals surface area (Å²) in [7, 11) is -2.04. The molecule has 0 radical (unpaired) electrons. The SMILES string of the molecule is Cc1nn(C)c(C)c1S(=O)(=O)NC[C@@](C)(O)c1ccccc1. The lowest BCUT2D eigenvalue weighted by Gasteiger charge is -2.24. The Morgan fingerprint density at radius 2 is 1.86 bits per heavy atom. The fourth-order valence-electron chi connectivity index (χ4n) is 2.35. The van der Waals surface area contributed by atoms with E-state index < -0.39 is 15.6 Å². The fourth-order valence-corrected chi connectivity index (χ4v) is 3.92. The molecular weight excluding hydrogens is 302 g/mol. The molecule has 0 aliphatic rings. The predicted molar refractivity (Wildman–Crippen MR) is 83.9 cm³/mol. The Bertz CT molecular complexity index is 765. The Hall–Kier alpha value is -1.70. The number of aliphatic hydroxyl groups is 1. The molecule has 1 heterocycles. The maximum atomic E-state index is 12.5. The van der Waals surface area contributed by atoms with Crippen molar-refractivity contribution in [1.82, 2.24) is 14.5 Å². The van der Waals surface area contributed by atoms with Gasteiger partial charge in [-0.2, -0.15) is 5.10 Å². The molecule has 1 atom stereocenters. The van der Waals surface area contributed by atoms with Crippen LogP contribution in [0.5, 0.6) is 0 Å². The topological polar surface area (TPSA) is 84.2 Å². The standard InChI is InChI=1S/C15H21N3O3S/c1-11-14(12(2)18(4)17-11)22(20,21)16-10-15(3,19)13-8-6-5-7-9-13/h5-9,16,19H,10H2,1-4H3/t15-/m1/s1. The van der Waals surface area contributed by atoms with Crippen molar-refractivity contribution in [1.29, 1.82) is 0 Å². The number of aryl methyl sites for hydroxylation is 2. The van der Waals surface area contributed by atoms with Crippen molar-refractivity contribution in [3.63, 3.8) is 0 Å². The van der Waals surface area contributed by atoms with E-state index in [0.717, 1.165) is 0 Å². The summed E-state index contributed by atoms with van der Waals surface area (Å²) in [5, 5.41) is 14.6. The average molecular weight is 323 g/mol. The quantitative estimate of drug-likeness (QED) is 0.866. The fraction of sp³-hybridized carbons (Fsp3) is 0.400.